The van der Waals surface area contributed by atoms with Crippen LogP contribution in [-0.2, 0) is 5.75 Å². The lowest BCUT2D eigenvalue weighted by molar-refractivity contribution is 0.414. The summed E-state index contributed by atoms with van der Waals surface area (Å²) in [6, 6.07) is 15.8. The number of aromatic nitrogens is 6. The van der Waals surface area contributed by atoms with Crippen LogP contribution in [0.15, 0.2) is 78.5 Å². The van der Waals surface area contributed by atoms with Crippen LogP contribution in [0.25, 0.3) is 22.7 Å². The monoisotopic (exact) mass is 428 g/mol. The van der Waals surface area contributed by atoms with Crippen molar-refractivity contribution < 1.29 is 4.74 Å². The van der Waals surface area contributed by atoms with Gasteiger partial charge in [-0.15, -0.1) is 10.2 Å². The predicted octanol–water partition coefficient (Wildman–Crippen LogP) is 4.59. The number of thioether (sulfide) groups is 1. The molecule has 5 aromatic rings. The van der Waals surface area contributed by atoms with E-state index in [0.29, 0.717) is 5.75 Å². The van der Waals surface area contributed by atoms with Crippen LogP contribution in [0.5, 0.6) is 5.75 Å². The van der Waals surface area contributed by atoms with Gasteiger partial charge < -0.3 is 9.14 Å². The van der Waals surface area contributed by atoms with Crippen LogP contribution < -0.4 is 4.74 Å². The van der Waals surface area contributed by atoms with E-state index in [1.165, 1.54) is 5.56 Å². The third-order valence-corrected chi connectivity index (χ3v) is 5.86. The third kappa shape index (κ3) is 3.89. The summed E-state index contributed by atoms with van der Waals surface area (Å²) in [5.74, 6) is 2.25. The summed E-state index contributed by atoms with van der Waals surface area (Å²) in [4.78, 5) is 8.83. The standard InChI is InChI=1S/C23H20N6OS/c1-16-3-8-21-25-18(14-28(21)13-16)15-31-23-27-26-22(17-9-11-24-12-10-17)29(23)19-4-6-20(30-2)7-5-19/h3-14H,15H2,1-2H3. The molecule has 0 aliphatic rings. The zero-order valence-corrected chi connectivity index (χ0v) is 18.0. The Hall–Kier alpha value is -3.65. The molecule has 5 rings (SSSR count). The third-order valence-electron chi connectivity index (χ3n) is 4.90. The zero-order chi connectivity index (χ0) is 21.2. The predicted molar refractivity (Wildman–Crippen MR) is 121 cm³/mol. The number of hydrogen-bond acceptors (Lipinski definition) is 6. The van der Waals surface area contributed by atoms with Gasteiger partial charge in [0.15, 0.2) is 11.0 Å². The maximum atomic E-state index is 5.31. The quantitative estimate of drug-likeness (QED) is 0.369. The number of fused-ring (bicyclic) bond motifs is 1. The number of rotatable bonds is 6. The second kappa shape index (κ2) is 8.23. The van der Waals surface area contributed by atoms with E-state index in [9.17, 15) is 0 Å². The van der Waals surface area contributed by atoms with E-state index in [1.54, 1.807) is 31.3 Å². The van der Waals surface area contributed by atoms with Crippen molar-refractivity contribution in [3.8, 4) is 22.8 Å². The van der Waals surface area contributed by atoms with Crippen LogP contribution in [0.4, 0.5) is 0 Å². The molecule has 0 saturated heterocycles. The summed E-state index contributed by atoms with van der Waals surface area (Å²) in [5.41, 5.74) is 5.05. The topological polar surface area (TPSA) is 70.1 Å². The fourth-order valence-electron chi connectivity index (χ4n) is 3.38. The number of nitrogens with zero attached hydrogens (tertiary/aromatic N) is 6. The summed E-state index contributed by atoms with van der Waals surface area (Å²) >= 11 is 1.61. The number of hydrogen-bond donors (Lipinski definition) is 0. The van der Waals surface area contributed by atoms with Crippen molar-refractivity contribution in [1.29, 1.82) is 0 Å². The Labute approximate surface area is 183 Å². The van der Waals surface area contributed by atoms with Gasteiger partial charge in [-0.25, -0.2) is 4.98 Å². The molecule has 0 radical (unpaired) electrons. The van der Waals surface area contributed by atoms with Crippen LogP contribution in [0.2, 0.25) is 0 Å². The van der Waals surface area contributed by atoms with Crippen molar-refractivity contribution in [3.05, 3.63) is 84.6 Å². The van der Waals surface area contributed by atoms with E-state index < -0.39 is 0 Å². The molecule has 4 aromatic heterocycles. The van der Waals surface area contributed by atoms with E-state index in [-0.39, 0.29) is 0 Å². The molecule has 8 heteroatoms. The van der Waals surface area contributed by atoms with Gasteiger partial charge in [0.2, 0.25) is 0 Å². The summed E-state index contributed by atoms with van der Waals surface area (Å²) in [7, 11) is 1.66. The first-order chi connectivity index (χ1) is 15.2. The van der Waals surface area contributed by atoms with Gasteiger partial charge in [0, 0.05) is 41.8 Å². The molecule has 0 spiro atoms. The second-order valence-corrected chi connectivity index (χ2v) is 8.01. The normalized spacial score (nSPS) is 11.2. The molecule has 0 aliphatic heterocycles. The molecule has 0 N–H and O–H groups in total. The van der Waals surface area contributed by atoms with E-state index in [2.05, 4.69) is 49.5 Å². The second-order valence-electron chi connectivity index (χ2n) is 7.07. The molecule has 4 heterocycles. The number of ether oxygens (including phenoxy) is 1. The Morgan fingerprint density at radius 1 is 0.935 bits per heavy atom. The van der Waals surface area contributed by atoms with Crippen molar-refractivity contribution >= 4 is 17.4 Å². The lowest BCUT2D eigenvalue weighted by Gasteiger charge is -2.10. The largest absolute Gasteiger partial charge is 0.497 e. The number of aryl methyl sites for hydroxylation is 1. The van der Waals surface area contributed by atoms with E-state index in [0.717, 1.165) is 39.3 Å². The number of methoxy groups -OCH3 is 1. The number of benzene rings is 1. The summed E-state index contributed by atoms with van der Waals surface area (Å²) in [5, 5.41) is 9.76. The smallest absolute Gasteiger partial charge is 0.196 e. The first-order valence-electron chi connectivity index (χ1n) is 9.78. The van der Waals surface area contributed by atoms with E-state index >= 15 is 0 Å². The Morgan fingerprint density at radius 3 is 2.52 bits per heavy atom. The Balaban J connectivity index is 1.50. The molecule has 31 heavy (non-hydrogen) atoms. The lowest BCUT2D eigenvalue weighted by Crippen LogP contribution is -2.00. The van der Waals surface area contributed by atoms with Gasteiger partial charge in [-0.1, -0.05) is 17.8 Å². The Bertz CT molecular complexity index is 1330. The molecule has 0 atom stereocenters. The van der Waals surface area contributed by atoms with Crippen molar-refractivity contribution in [1.82, 2.24) is 29.1 Å². The van der Waals surface area contributed by atoms with Gasteiger partial charge in [0.1, 0.15) is 11.4 Å². The maximum absolute atomic E-state index is 5.31. The molecule has 154 valence electrons. The fraction of sp³-hybridized carbons (Fsp3) is 0.130. The van der Waals surface area contributed by atoms with E-state index in [4.69, 9.17) is 9.72 Å². The van der Waals surface area contributed by atoms with Crippen molar-refractivity contribution in [3.63, 3.8) is 0 Å². The highest BCUT2D eigenvalue weighted by molar-refractivity contribution is 7.98. The highest BCUT2D eigenvalue weighted by atomic mass is 32.2. The number of pyridine rings is 2. The molecule has 7 nitrogen and oxygen atoms in total. The van der Waals surface area contributed by atoms with Gasteiger partial charge in [0.05, 0.1) is 12.8 Å². The first-order valence-corrected chi connectivity index (χ1v) is 10.8. The number of imidazole rings is 1. The lowest BCUT2D eigenvalue weighted by atomic mass is 10.2. The molecule has 0 bridgehead atoms. The Morgan fingerprint density at radius 2 is 1.74 bits per heavy atom. The summed E-state index contributed by atoms with van der Waals surface area (Å²) < 4.78 is 9.42. The average Bonchev–Trinajstić information content (AvgIpc) is 3.41. The highest BCUT2D eigenvalue weighted by Gasteiger charge is 2.17. The van der Waals surface area contributed by atoms with Crippen molar-refractivity contribution in [2.24, 2.45) is 0 Å². The van der Waals surface area contributed by atoms with Crippen LogP contribution in [0, 0.1) is 6.92 Å². The minimum Gasteiger partial charge on any atom is -0.497 e. The van der Waals surface area contributed by atoms with Crippen molar-refractivity contribution in [2.45, 2.75) is 17.8 Å². The molecule has 1 aromatic carbocycles. The Kier molecular flexibility index (Phi) is 5.13. The molecule has 0 fully saturated rings. The molecule has 0 unspecified atom stereocenters. The highest BCUT2D eigenvalue weighted by Crippen LogP contribution is 2.30. The molecular formula is C23H20N6OS. The minimum absolute atomic E-state index is 0.686. The molecule has 0 aliphatic carbocycles. The molecule has 0 amide bonds. The maximum Gasteiger partial charge on any atom is 0.196 e. The molecule has 0 saturated carbocycles. The average molecular weight is 429 g/mol. The molecular weight excluding hydrogens is 408 g/mol. The first kappa shape index (κ1) is 19.3. The zero-order valence-electron chi connectivity index (χ0n) is 17.1. The van der Waals surface area contributed by atoms with Gasteiger partial charge >= 0.3 is 0 Å². The summed E-state index contributed by atoms with van der Waals surface area (Å²) in [6.07, 6.45) is 7.66. The summed E-state index contributed by atoms with van der Waals surface area (Å²) in [6.45, 7) is 2.08. The van der Waals surface area contributed by atoms with Gasteiger partial charge in [-0.3, -0.25) is 9.55 Å². The van der Waals surface area contributed by atoms with Crippen LogP contribution in [-0.4, -0.2) is 36.2 Å². The van der Waals surface area contributed by atoms with Crippen molar-refractivity contribution in [2.75, 3.05) is 7.11 Å². The SMILES string of the molecule is COc1ccc(-n2c(SCc3cn4cc(C)ccc4n3)nnc2-c2ccncc2)cc1. The van der Waals surface area contributed by atoms with Crippen LogP contribution in [0.3, 0.4) is 0 Å². The fourth-order valence-corrected chi connectivity index (χ4v) is 4.21. The van der Waals surface area contributed by atoms with Gasteiger partial charge in [-0.2, -0.15) is 0 Å². The van der Waals surface area contributed by atoms with Crippen LogP contribution >= 0.6 is 11.8 Å². The van der Waals surface area contributed by atoms with Gasteiger partial charge in [0.25, 0.3) is 0 Å². The van der Waals surface area contributed by atoms with E-state index in [1.807, 2.05) is 42.5 Å². The van der Waals surface area contributed by atoms with Gasteiger partial charge in [-0.05, 0) is 55.0 Å². The minimum atomic E-state index is 0.686. The van der Waals surface area contributed by atoms with Crippen LogP contribution in [0.1, 0.15) is 11.3 Å².